The van der Waals surface area contributed by atoms with Crippen LogP contribution in [0.15, 0.2) is 27.2 Å². The summed E-state index contributed by atoms with van der Waals surface area (Å²) in [4.78, 5) is 4.41. The zero-order valence-electron chi connectivity index (χ0n) is 11.2. The van der Waals surface area contributed by atoms with Gasteiger partial charge in [-0.05, 0) is 47.0 Å². The molecule has 0 bridgehead atoms. The highest BCUT2D eigenvalue weighted by Gasteiger charge is 2.20. The molecule has 1 aliphatic carbocycles. The second-order valence-corrected chi connectivity index (χ2v) is 5.69. The molecule has 0 spiro atoms. The van der Waals surface area contributed by atoms with Gasteiger partial charge in [0.25, 0.3) is 0 Å². The monoisotopic (exact) mass is 337 g/mol. The van der Waals surface area contributed by atoms with Crippen LogP contribution in [-0.2, 0) is 6.42 Å². The van der Waals surface area contributed by atoms with Crippen LogP contribution in [0.4, 0.5) is 0 Å². The van der Waals surface area contributed by atoms with Crippen LogP contribution in [0.2, 0.25) is 0 Å². The third kappa shape index (κ3) is 3.19. The summed E-state index contributed by atoms with van der Waals surface area (Å²) in [7, 11) is 1.64. The molecule has 20 heavy (non-hydrogen) atoms. The van der Waals surface area contributed by atoms with Crippen molar-refractivity contribution in [3.8, 4) is 17.1 Å². The normalized spacial score (nSPS) is 14.5. The smallest absolute Gasteiger partial charge is 0.228 e. The van der Waals surface area contributed by atoms with E-state index in [4.69, 9.17) is 9.26 Å². The average molecular weight is 338 g/mol. The van der Waals surface area contributed by atoms with Crippen LogP contribution in [0.25, 0.3) is 11.4 Å². The first-order chi connectivity index (χ1) is 9.76. The van der Waals surface area contributed by atoms with Crippen LogP contribution < -0.4 is 10.1 Å². The van der Waals surface area contributed by atoms with Gasteiger partial charge in [0.1, 0.15) is 5.75 Å². The molecule has 3 rings (SSSR count). The summed E-state index contributed by atoms with van der Waals surface area (Å²) in [6.45, 7) is 0.888. The van der Waals surface area contributed by atoms with Crippen molar-refractivity contribution in [3.05, 3.63) is 28.6 Å². The van der Waals surface area contributed by atoms with Gasteiger partial charge in [-0.25, -0.2) is 0 Å². The Morgan fingerprint density at radius 2 is 2.30 bits per heavy atom. The summed E-state index contributed by atoms with van der Waals surface area (Å²) in [6.07, 6.45) is 3.34. The number of nitrogens with one attached hydrogen (secondary N) is 1. The van der Waals surface area contributed by atoms with Crippen molar-refractivity contribution >= 4 is 15.9 Å². The van der Waals surface area contributed by atoms with Gasteiger partial charge in [-0.2, -0.15) is 4.98 Å². The molecular weight excluding hydrogens is 322 g/mol. The van der Waals surface area contributed by atoms with E-state index < -0.39 is 0 Å². The number of halogens is 1. The number of hydrogen-bond acceptors (Lipinski definition) is 5. The zero-order valence-corrected chi connectivity index (χ0v) is 12.8. The standard InChI is InChI=1S/C14H16BrN3O2/c1-19-12-5-2-9(8-11(12)15)14-17-13(20-18-14)6-7-16-10-3-4-10/h2,5,8,10,16H,3-4,6-7H2,1H3. The Morgan fingerprint density at radius 3 is 3.00 bits per heavy atom. The fourth-order valence-electron chi connectivity index (χ4n) is 1.95. The highest BCUT2D eigenvalue weighted by atomic mass is 79.9. The van der Waals surface area contributed by atoms with Crippen LogP contribution >= 0.6 is 15.9 Å². The molecule has 1 aliphatic rings. The van der Waals surface area contributed by atoms with Gasteiger partial charge in [-0.1, -0.05) is 5.16 Å². The van der Waals surface area contributed by atoms with Gasteiger partial charge in [0, 0.05) is 24.6 Å². The summed E-state index contributed by atoms with van der Waals surface area (Å²) >= 11 is 3.46. The topological polar surface area (TPSA) is 60.2 Å². The summed E-state index contributed by atoms with van der Waals surface area (Å²) in [6, 6.07) is 6.43. The molecular formula is C14H16BrN3O2. The molecule has 0 amide bonds. The van der Waals surface area contributed by atoms with E-state index in [9.17, 15) is 0 Å². The third-order valence-electron chi connectivity index (χ3n) is 3.23. The Balaban J connectivity index is 1.67. The van der Waals surface area contributed by atoms with Crippen molar-refractivity contribution in [3.63, 3.8) is 0 Å². The molecule has 1 heterocycles. The van der Waals surface area contributed by atoms with E-state index in [0.29, 0.717) is 17.8 Å². The highest BCUT2D eigenvalue weighted by molar-refractivity contribution is 9.10. The van der Waals surface area contributed by atoms with Gasteiger partial charge in [0.05, 0.1) is 11.6 Å². The van der Waals surface area contributed by atoms with Gasteiger partial charge in [-0.3, -0.25) is 0 Å². The number of ether oxygens (including phenoxy) is 1. The predicted octanol–water partition coefficient (Wildman–Crippen LogP) is 2.80. The Labute approximate surface area is 125 Å². The fraction of sp³-hybridized carbons (Fsp3) is 0.429. The molecule has 106 valence electrons. The largest absolute Gasteiger partial charge is 0.496 e. The van der Waals surface area contributed by atoms with Crippen molar-refractivity contribution in [1.82, 2.24) is 15.5 Å². The minimum Gasteiger partial charge on any atom is -0.496 e. The number of methoxy groups -OCH3 is 1. The van der Waals surface area contributed by atoms with E-state index in [2.05, 4.69) is 31.4 Å². The molecule has 0 atom stereocenters. The van der Waals surface area contributed by atoms with Crippen molar-refractivity contribution < 1.29 is 9.26 Å². The van der Waals surface area contributed by atoms with E-state index in [-0.39, 0.29) is 0 Å². The van der Waals surface area contributed by atoms with Gasteiger partial charge >= 0.3 is 0 Å². The lowest BCUT2D eigenvalue weighted by molar-refractivity contribution is 0.376. The zero-order chi connectivity index (χ0) is 13.9. The number of nitrogens with zero attached hydrogens (tertiary/aromatic N) is 2. The summed E-state index contributed by atoms with van der Waals surface area (Å²) in [5, 5.41) is 7.45. The molecule has 1 aromatic heterocycles. The fourth-order valence-corrected chi connectivity index (χ4v) is 2.49. The molecule has 1 N–H and O–H groups in total. The van der Waals surface area contributed by atoms with Crippen LogP contribution in [0.5, 0.6) is 5.75 Å². The molecule has 1 fully saturated rings. The van der Waals surface area contributed by atoms with E-state index in [1.54, 1.807) is 7.11 Å². The van der Waals surface area contributed by atoms with Gasteiger partial charge in [-0.15, -0.1) is 0 Å². The number of aromatic nitrogens is 2. The maximum absolute atomic E-state index is 5.27. The lowest BCUT2D eigenvalue weighted by Gasteiger charge is -2.03. The van der Waals surface area contributed by atoms with Crippen LogP contribution in [0.3, 0.4) is 0 Å². The number of rotatable bonds is 6. The Bertz CT molecular complexity index is 596. The molecule has 1 saturated carbocycles. The Hall–Kier alpha value is -1.40. The highest BCUT2D eigenvalue weighted by Crippen LogP contribution is 2.29. The number of benzene rings is 1. The Morgan fingerprint density at radius 1 is 1.45 bits per heavy atom. The van der Waals surface area contributed by atoms with E-state index in [1.807, 2.05) is 18.2 Å². The van der Waals surface area contributed by atoms with Gasteiger partial charge in [0.15, 0.2) is 0 Å². The van der Waals surface area contributed by atoms with Crippen LogP contribution in [0, 0.1) is 0 Å². The average Bonchev–Trinajstić information content (AvgIpc) is 3.15. The molecule has 0 radical (unpaired) electrons. The third-order valence-corrected chi connectivity index (χ3v) is 3.85. The molecule has 6 heteroatoms. The van der Waals surface area contributed by atoms with Crippen LogP contribution in [0.1, 0.15) is 18.7 Å². The first kappa shape index (κ1) is 13.6. The summed E-state index contributed by atoms with van der Waals surface area (Å²) in [5.41, 5.74) is 0.905. The minimum atomic E-state index is 0.606. The van der Waals surface area contributed by atoms with Gasteiger partial charge in [0.2, 0.25) is 11.7 Å². The lowest BCUT2D eigenvalue weighted by Crippen LogP contribution is -2.19. The minimum absolute atomic E-state index is 0.606. The molecule has 0 saturated heterocycles. The predicted molar refractivity (Wildman–Crippen MR) is 78.7 cm³/mol. The first-order valence-corrected chi connectivity index (χ1v) is 7.45. The quantitative estimate of drug-likeness (QED) is 0.878. The molecule has 5 nitrogen and oxygen atoms in total. The second-order valence-electron chi connectivity index (χ2n) is 4.84. The van der Waals surface area contributed by atoms with E-state index in [0.717, 1.165) is 28.8 Å². The van der Waals surface area contributed by atoms with Crippen molar-refractivity contribution in [2.45, 2.75) is 25.3 Å². The molecule has 0 aliphatic heterocycles. The van der Waals surface area contributed by atoms with Gasteiger partial charge < -0.3 is 14.6 Å². The second kappa shape index (κ2) is 5.93. The van der Waals surface area contributed by atoms with Crippen molar-refractivity contribution in [2.75, 3.05) is 13.7 Å². The lowest BCUT2D eigenvalue weighted by atomic mass is 10.2. The molecule has 1 aromatic carbocycles. The summed E-state index contributed by atoms with van der Waals surface area (Å²) in [5.74, 6) is 2.06. The summed E-state index contributed by atoms with van der Waals surface area (Å²) < 4.78 is 11.3. The molecule has 2 aromatic rings. The maximum Gasteiger partial charge on any atom is 0.228 e. The molecule has 0 unspecified atom stereocenters. The van der Waals surface area contributed by atoms with Crippen LogP contribution in [-0.4, -0.2) is 29.8 Å². The first-order valence-electron chi connectivity index (χ1n) is 6.66. The van der Waals surface area contributed by atoms with Crippen molar-refractivity contribution in [2.24, 2.45) is 0 Å². The van der Waals surface area contributed by atoms with E-state index >= 15 is 0 Å². The van der Waals surface area contributed by atoms with E-state index in [1.165, 1.54) is 12.8 Å². The van der Waals surface area contributed by atoms with Crippen molar-refractivity contribution in [1.29, 1.82) is 0 Å². The SMILES string of the molecule is COc1ccc(-c2noc(CCNC3CC3)n2)cc1Br. The Kier molecular flexibility index (Phi) is 4.03. The number of hydrogen-bond donors (Lipinski definition) is 1. The maximum atomic E-state index is 5.27.